The van der Waals surface area contributed by atoms with Gasteiger partial charge in [0.25, 0.3) is 0 Å². The Morgan fingerprint density at radius 3 is 2.56 bits per heavy atom. The molecule has 0 fully saturated rings. The van der Waals surface area contributed by atoms with Gasteiger partial charge in [0.1, 0.15) is 11.5 Å². The molecule has 2 aromatic rings. The second kappa shape index (κ2) is 6.02. The van der Waals surface area contributed by atoms with Gasteiger partial charge < -0.3 is 9.47 Å². The molecule has 6 heteroatoms. The van der Waals surface area contributed by atoms with Crippen molar-refractivity contribution in [3.05, 3.63) is 40.2 Å². The zero-order valence-corrected chi connectivity index (χ0v) is 11.9. The van der Waals surface area contributed by atoms with E-state index in [0.29, 0.717) is 22.7 Å². The number of aromatic nitrogens is 2. The van der Waals surface area contributed by atoms with Crippen LogP contribution in [-0.2, 0) is 0 Å². The van der Waals surface area contributed by atoms with Crippen LogP contribution in [0.15, 0.2) is 34.9 Å². The maximum Gasteiger partial charge on any atom is 0.237 e. The van der Waals surface area contributed by atoms with E-state index in [1.807, 2.05) is 19.1 Å². The molecule has 0 N–H and O–H groups in total. The van der Waals surface area contributed by atoms with Crippen molar-refractivity contribution >= 4 is 27.5 Å². The fraction of sp³-hybridized carbons (Fsp3) is 0.167. The molecule has 0 saturated carbocycles. The van der Waals surface area contributed by atoms with Gasteiger partial charge in [-0.15, -0.1) is 0 Å². The summed E-state index contributed by atoms with van der Waals surface area (Å²) in [5.41, 5.74) is 0. The number of hydrogen-bond acceptors (Lipinski definition) is 4. The van der Waals surface area contributed by atoms with Crippen molar-refractivity contribution < 1.29 is 9.47 Å². The molecule has 0 unspecified atom stereocenters. The van der Waals surface area contributed by atoms with Crippen LogP contribution in [0.4, 0.5) is 0 Å². The van der Waals surface area contributed by atoms with Crippen LogP contribution in [0.5, 0.6) is 17.4 Å². The fourth-order valence-electron chi connectivity index (χ4n) is 1.29. The molecule has 0 aliphatic heterocycles. The van der Waals surface area contributed by atoms with Gasteiger partial charge in [0.15, 0.2) is 0 Å². The second-order valence-corrected chi connectivity index (χ2v) is 4.49. The predicted molar refractivity (Wildman–Crippen MR) is 72.4 cm³/mol. The first kappa shape index (κ1) is 13.1. The standard InChI is InChI=1S/C12H10BrClN2O2/c1-2-17-8-3-5-9(6-4-8)18-11-10(13)7-15-12(14)16-11/h3-7H,2H2,1H3. The molecule has 1 aromatic carbocycles. The van der Waals surface area contributed by atoms with Crippen molar-refractivity contribution in [1.29, 1.82) is 0 Å². The summed E-state index contributed by atoms with van der Waals surface area (Å²) in [4.78, 5) is 7.81. The summed E-state index contributed by atoms with van der Waals surface area (Å²) in [7, 11) is 0. The van der Waals surface area contributed by atoms with Crippen LogP contribution in [0.25, 0.3) is 0 Å². The van der Waals surface area contributed by atoms with Crippen molar-refractivity contribution in [2.24, 2.45) is 0 Å². The summed E-state index contributed by atoms with van der Waals surface area (Å²) in [6, 6.07) is 7.26. The molecule has 0 aliphatic carbocycles. The van der Waals surface area contributed by atoms with Crippen LogP contribution in [0.2, 0.25) is 5.28 Å². The highest BCUT2D eigenvalue weighted by Crippen LogP contribution is 2.28. The molecular formula is C12H10BrClN2O2. The van der Waals surface area contributed by atoms with Crippen LogP contribution in [-0.4, -0.2) is 16.6 Å². The molecule has 0 saturated heterocycles. The largest absolute Gasteiger partial charge is 0.494 e. The first-order chi connectivity index (χ1) is 8.69. The highest BCUT2D eigenvalue weighted by atomic mass is 79.9. The van der Waals surface area contributed by atoms with Crippen LogP contribution in [0.3, 0.4) is 0 Å². The van der Waals surface area contributed by atoms with Gasteiger partial charge in [-0.1, -0.05) is 0 Å². The average Bonchev–Trinajstić information content (AvgIpc) is 2.37. The number of hydrogen-bond donors (Lipinski definition) is 0. The minimum atomic E-state index is 0.138. The summed E-state index contributed by atoms with van der Waals surface area (Å²) >= 11 is 9.00. The van der Waals surface area contributed by atoms with Crippen LogP contribution in [0.1, 0.15) is 6.92 Å². The monoisotopic (exact) mass is 328 g/mol. The number of nitrogens with zero attached hydrogens (tertiary/aromatic N) is 2. The summed E-state index contributed by atoms with van der Waals surface area (Å²) in [5.74, 6) is 1.82. The zero-order chi connectivity index (χ0) is 13.0. The third-order valence-electron chi connectivity index (χ3n) is 2.03. The number of rotatable bonds is 4. The minimum Gasteiger partial charge on any atom is -0.494 e. The Morgan fingerprint density at radius 1 is 1.22 bits per heavy atom. The second-order valence-electron chi connectivity index (χ2n) is 3.30. The lowest BCUT2D eigenvalue weighted by Gasteiger charge is -2.07. The molecule has 0 radical (unpaired) electrons. The molecule has 94 valence electrons. The lowest BCUT2D eigenvalue weighted by molar-refractivity contribution is 0.339. The molecule has 0 spiro atoms. The molecule has 18 heavy (non-hydrogen) atoms. The van der Waals surface area contributed by atoms with Gasteiger partial charge in [-0.2, -0.15) is 4.98 Å². The topological polar surface area (TPSA) is 44.2 Å². The average molecular weight is 330 g/mol. The van der Waals surface area contributed by atoms with Crippen molar-refractivity contribution in [1.82, 2.24) is 9.97 Å². The summed E-state index contributed by atoms with van der Waals surface area (Å²) in [6.07, 6.45) is 1.54. The predicted octanol–water partition coefficient (Wildman–Crippen LogP) is 4.08. The first-order valence-corrected chi connectivity index (χ1v) is 6.45. The summed E-state index contributed by atoms with van der Waals surface area (Å²) in [5, 5.41) is 0.138. The van der Waals surface area contributed by atoms with E-state index in [-0.39, 0.29) is 5.28 Å². The summed E-state index contributed by atoms with van der Waals surface area (Å²) in [6.45, 7) is 2.57. The lowest BCUT2D eigenvalue weighted by atomic mass is 10.3. The minimum absolute atomic E-state index is 0.138. The molecule has 0 atom stereocenters. The van der Waals surface area contributed by atoms with E-state index >= 15 is 0 Å². The molecule has 0 amide bonds. The van der Waals surface area contributed by atoms with Gasteiger partial charge in [-0.05, 0) is 58.7 Å². The quantitative estimate of drug-likeness (QED) is 0.793. The highest BCUT2D eigenvalue weighted by molar-refractivity contribution is 9.10. The van der Waals surface area contributed by atoms with Gasteiger partial charge in [-0.3, -0.25) is 0 Å². The Morgan fingerprint density at radius 2 is 1.89 bits per heavy atom. The molecule has 2 rings (SSSR count). The van der Waals surface area contributed by atoms with Crippen molar-refractivity contribution in [3.8, 4) is 17.4 Å². The Hall–Kier alpha value is -1.33. The van der Waals surface area contributed by atoms with Crippen LogP contribution < -0.4 is 9.47 Å². The van der Waals surface area contributed by atoms with Gasteiger partial charge >= 0.3 is 0 Å². The third-order valence-corrected chi connectivity index (χ3v) is 2.76. The number of ether oxygens (including phenoxy) is 2. The zero-order valence-electron chi connectivity index (χ0n) is 9.56. The van der Waals surface area contributed by atoms with Gasteiger partial charge in [0, 0.05) is 6.20 Å². The maximum absolute atomic E-state index is 5.71. The van der Waals surface area contributed by atoms with Gasteiger partial charge in [0.2, 0.25) is 11.2 Å². The lowest BCUT2D eigenvalue weighted by Crippen LogP contribution is -1.93. The van der Waals surface area contributed by atoms with Crippen LogP contribution in [0, 0.1) is 0 Å². The Bertz CT molecular complexity index is 534. The smallest absolute Gasteiger partial charge is 0.237 e. The molecule has 0 aliphatic rings. The molecule has 1 aromatic heterocycles. The molecule has 1 heterocycles. The first-order valence-electron chi connectivity index (χ1n) is 5.28. The Labute approximate surface area is 118 Å². The molecule has 0 bridgehead atoms. The maximum atomic E-state index is 5.71. The van der Waals surface area contributed by atoms with E-state index < -0.39 is 0 Å². The Kier molecular flexibility index (Phi) is 4.38. The third kappa shape index (κ3) is 3.34. The fourth-order valence-corrected chi connectivity index (χ4v) is 1.68. The SMILES string of the molecule is CCOc1ccc(Oc2nc(Cl)ncc2Br)cc1. The van der Waals surface area contributed by atoms with E-state index in [1.165, 1.54) is 0 Å². The van der Waals surface area contributed by atoms with E-state index in [2.05, 4.69) is 25.9 Å². The van der Waals surface area contributed by atoms with E-state index in [0.717, 1.165) is 5.75 Å². The van der Waals surface area contributed by atoms with Crippen molar-refractivity contribution in [2.45, 2.75) is 6.92 Å². The Balaban J connectivity index is 2.15. The highest BCUT2D eigenvalue weighted by Gasteiger charge is 2.06. The summed E-state index contributed by atoms with van der Waals surface area (Å²) < 4.78 is 11.6. The van der Waals surface area contributed by atoms with Gasteiger partial charge in [0.05, 0.1) is 11.1 Å². The van der Waals surface area contributed by atoms with Gasteiger partial charge in [-0.25, -0.2) is 4.98 Å². The van der Waals surface area contributed by atoms with E-state index in [9.17, 15) is 0 Å². The van der Waals surface area contributed by atoms with E-state index in [4.69, 9.17) is 21.1 Å². The van der Waals surface area contributed by atoms with Crippen molar-refractivity contribution in [3.63, 3.8) is 0 Å². The normalized spacial score (nSPS) is 10.2. The molecule has 4 nitrogen and oxygen atoms in total. The number of halogens is 2. The van der Waals surface area contributed by atoms with Crippen LogP contribution >= 0.6 is 27.5 Å². The molecular weight excluding hydrogens is 320 g/mol. The number of benzene rings is 1. The van der Waals surface area contributed by atoms with Crippen molar-refractivity contribution in [2.75, 3.05) is 6.61 Å². The van der Waals surface area contributed by atoms with E-state index in [1.54, 1.807) is 18.3 Å².